The minimum Gasteiger partial charge on any atom is -0.324 e. The molecule has 1 unspecified atom stereocenters. The average molecular weight is 251 g/mol. The van der Waals surface area contributed by atoms with Crippen LogP contribution in [0.4, 0.5) is 0 Å². The Labute approximate surface area is 105 Å². The number of nitrogens with zero attached hydrogens (tertiary/aromatic N) is 3. The normalized spacial score (nSPS) is 12.7. The van der Waals surface area contributed by atoms with Gasteiger partial charge in [-0.1, -0.05) is 23.7 Å². The first kappa shape index (κ1) is 12.1. The first-order chi connectivity index (χ1) is 8.08. The molecule has 0 amide bonds. The number of rotatable bonds is 3. The first-order valence-electron chi connectivity index (χ1n) is 5.42. The van der Waals surface area contributed by atoms with Crippen LogP contribution in [-0.2, 0) is 13.5 Å². The van der Waals surface area contributed by atoms with Crippen LogP contribution in [-0.4, -0.2) is 14.8 Å². The molecule has 0 spiro atoms. The van der Waals surface area contributed by atoms with E-state index in [1.807, 2.05) is 32.2 Å². The molecule has 1 aromatic heterocycles. The van der Waals surface area contributed by atoms with Crippen LogP contribution in [0, 0.1) is 6.92 Å². The summed E-state index contributed by atoms with van der Waals surface area (Å²) >= 11 is 6.18. The van der Waals surface area contributed by atoms with Gasteiger partial charge in [-0.05, 0) is 24.1 Å². The molecule has 5 heteroatoms. The predicted octanol–water partition coefficient (Wildman–Crippen LogP) is 2.02. The summed E-state index contributed by atoms with van der Waals surface area (Å²) in [5, 5.41) is 4.72. The summed E-state index contributed by atoms with van der Waals surface area (Å²) in [7, 11) is 1.85. The van der Waals surface area contributed by atoms with E-state index >= 15 is 0 Å². The zero-order valence-electron chi connectivity index (χ0n) is 9.89. The van der Waals surface area contributed by atoms with Crippen LogP contribution in [0.3, 0.4) is 0 Å². The van der Waals surface area contributed by atoms with E-state index in [-0.39, 0.29) is 6.04 Å². The highest BCUT2D eigenvalue weighted by atomic mass is 35.5. The molecule has 2 aromatic rings. The number of hydrogen-bond acceptors (Lipinski definition) is 3. The smallest absolute Gasteiger partial charge is 0.138 e. The van der Waals surface area contributed by atoms with Crippen LogP contribution in [0.1, 0.15) is 23.0 Å². The summed E-state index contributed by atoms with van der Waals surface area (Å²) in [6, 6.07) is 5.75. The van der Waals surface area contributed by atoms with Gasteiger partial charge in [0, 0.05) is 24.5 Å². The molecule has 0 radical (unpaired) electrons. The maximum absolute atomic E-state index is 6.18. The van der Waals surface area contributed by atoms with Crippen molar-refractivity contribution in [3.63, 3.8) is 0 Å². The molecule has 0 aliphatic heterocycles. The summed E-state index contributed by atoms with van der Waals surface area (Å²) in [6.45, 7) is 2.00. The standard InChI is InChI=1S/C12H15ClN4/c1-8-3-4-9(10(13)5-8)11(14)6-12-15-7-16-17(12)2/h3-5,7,11H,6,14H2,1-2H3. The zero-order valence-corrected chi connectivity index (χ0v) is 10.6. The van der Waals surface area contributed by atoms with Gasteiger partial charge in [0.15, 0.2) is 0 Å². The molecule has 1 atom stereocenters. The summed E-state index contributed by atoms with van der Waals surface area (Å²) < 4.78 is 1.72. The lowest BCUT2D eigenvalue weighted by atomic mass is 10.0. The number of nitrogens with two attached hydrogens (primary N) is 1. The molecule has 2 N–H and O–H groups in total. The average Bonchev–Trinajstić information content (AvgIpc) is 2.64. The van der Waals surface area contributed by atoms with E-state index < -0.39 is 0 Å². The summed E-state index contributed by atoms with van der Waals surface area (Å²) in [5.41, 5.74) is 8.21. The maximum atomic E-state index is 6.18. The largest absolute Gasteiger partial charge is 0.324 e. The lowest BCUT2D eigenvalue weighted by molar-refractivity contribution is 0.629. The van der Waals surface area contributed by atoms with Gasteiger partial charge < -0.3 is 5.73 Å². The number of aromatic nitrogens is 3. The molecular formula is C12H15ClN4. The minimum atomic E-state index is -0.161. The lowest BCUT2D eigenvalue weighted by Gasteiger charge is -2.13. The molecular weight excluding hydrogens is 236 g/mol. The van der Waals surface area contributed by atoms with Gasteiger partial charge in [-0.3, -0.25) is 4.68 Å². The summed E-state index contributed by atoms with van der Waals surface area (Å²) in [4.78, 5) is 4.16. The third-order valence-electron chi connectivity index (χ3n) is 2.76. The van der Waals surface area contributed by atoms with E-state index in [4.69, 9.17) is 17.3 Å². The van der Waals surface area contributed by atoms with E-state index in [2.05, 4.69) is 10.1 Å². The van der Waals surface area contributed by atoms with Crippen LogP contribution >= 0.6 is 11.6 Å². The van der Waals surface area contributed by atoms with Crippen molar-refractivity contribution in [3.05, 3.63) is 46.5 Å². The van der Waals surface area contributed by atoms with Crippen LogP contribution in [0.5, 0.6) is 0 Å². The van der Waals surface area contributed by atoms with Crippen molar-refractivity contribution in [3.8, 4) is 0 Å². The monoisotopic (exact) mass is 250 g/mol. The Hall–Kier alpha value is -1.39. The summed E-state index contributed by atoms with van der Waals surface area (Å²) in [5.74, 6) is 0.856. The number of hydrogen-bond donors (Lipinski definition) is 1. The molecule has 17 heavy (non-hydrogen) atoms. The number of halogens is 1. The van der Waals surface area contributed by atoms with E-state index in [0.717, 1.165) is 17.0 Å². The SMILES string of the molecule is Cc1ccc(C(N)Cc2ncnn2C)c(Cl)c1. The highest BCUT2D eigenvalue weighted by Gasteiger charge is 2.13. The van der Waals surface area contributed by atoms with Crippen LogP contribution in [0.2, 0.25) is 5.02 Å². The van der Waals surface area contributed by atoms with Crippen molar-refractivity contribution >= 4 is 11.6 Å². The predicted molar refractivity (Wildman–Crippen MR) is 67.8 cm³/mol. The zero-order chi connectivity index (χ0) is 12.4. The highest BCUT2D eigenvalue weighted by molar-refractivity contribution is 6.31. The Bertz CT molecular complexity index is 521. The van der Waals surface area contributed by atoms with Crippen molar-refractivity contribution in [1.82, 2.24) is 14.8 Å². The van der Waals surface area contributed by atoms with Crippen LogP contribution in [0.15, 0.2) is 24.5 Å². The highest BCUT2D eigenvalue weighted by Crippen LogP contribution is 2.24. The van der Waals surface area contributed by atoms with E-state index in [1.54, 1.807) is 4.68 Å². The van der Waals surface area contributed by atoms with Gasteiger partial charge in [-0.25, -0.2) is 4.98 Å². The molecule has 0 fully saturated rings. The first-order valence-corrected chi connectivity index (χ1v) is 5.80. The van der Waals surface area contributed by atoms with Gasteiger partial charge in [0.1, 0.15) is 12.2 Å². The van der Waals surface area contributed by atoms with Gasteiger partial charge in [-0.15, -0.1) is 0 Å². The van der Waals surface area contributed by atoms with Gasteiger partial charge in [0.05, 0.1) is 0 Å². The molecule has 4 nitrogen and oxygen atoms in total. The van der Waals surface area contributed by atoms with E-state index in [1.165, 1.54) is 6.33 Å². The molecule has 0 bridgehead atoms. The van der Waals surface area contributed by atoms with Crippen molar-refractivity contribution in [2.75, 3.05) is 0 Å². The third-order valence-corrected chi connectivity index (χ3v) is 3.09. The second kappa shape index (κ2) is 4.85. The number of benzene rings is 1. The Kier molecular flexibility index (Phi) is 3.45. The lowest BCUT2D eigenvalue weighted by Crippen LogP contribution is -2.16. The van der Waals surface area contributed by atoms with E-state index in [0.29, 0.717) is 11.4 Å². The van der Waals surface area contributed by atoms with Crippen LogP contribution < -0.4 is 5.73 Å². The van der Waals surface area contributed by atoms with Gasteiger partial charge in [-0.2, -0.15) is 5.10 Å². The Morgan fingerprint density at radius 3 is 2.82 bits per heavy atom. The molecule has 2 rings (SSSR count). The topological polar surface area (TPSA) is 56.7 Å². The minimum absolute atomic E-state index is 0.161. The van der Waals surface area contributed by atoms with Crippen molar-refractivity contribution < 1.29 is 0 Å². The molecule has 0 aliphatic carbocycles. The van der Waals surface area contributed by atoms with Crippen molar-refractivity contribution in [1.29, 1.82) is 0 Å². The Balaban J connectivity index is 2.20. The number of aryl methyl sites for hydroxylation is 2. The molecule has 0 saturated heterocycles. The fraction of sp³-hybridized carbons (Fsp3) is 0.333. The molecule has 1 heterocycles. The van der Waals surface area contributed by atoms with Gasteiger partial charge >= 0.3 is 0 Å². The van der Waals surface area contributed by atoms with Crippen molar-refractivity contribution in [2.24, 2.45) is 12.8 Å². The van der Waals surface area contributed by atoms with Crippen molar-refractivity contribution in [2.45, 2.75) is 19.4 Å². The quantitative estimate of drug-likeness (QED) is 0.907. The molecule has 1 aromatic carbocycles. The second-order valence-electron chi connectivity index (χ2n) is 4.14. The molecule has 90 valence electrons. The molecule has 0 aliphatic rings. The maximum Gasteiger partial charge on any atom is 0.138 e. The molecule has 0 saturated carbocycles. The third kappa shape index (κ3) is 2.65. The fourth-order valence-corrected chi connectivity index (χ4v) is 2.12. The van der Waals surface area contributed by atoms with Crippen LogP contribution in [0.25, 0.3) is 0 Å². The van der Waals surface area contributed by atoms with Gasteiger partial charge in [0.2, 0.25) is 0 Å². The van der Waals surface area contributed by atoms with E-state index in [9.17, 15) is 0 Å². The Morgan fingerprint density at radius 2 is 2.24 bits per heavy atom. The Morgan fingerprint density at radius 1 is 1.47 bits per heavy atom. The second-order valence-corrected chi connectivity index (χ2v) is 4.54. The fourth-order valence-electron chi connectivity index (χ4n) is 1.74. The van der Waals surface area contributed by atoms with Gasteiger partial charge in [0.25, 0.3) is 0 Å². The summed E-state index contributed by atoms with van der Waals surface area (Å²) in [6.07, 6.45) is 2.15.